The Hall–Kier alpha value is -3.83. The Labute approximate surface area is 221 Å². The van der Waals surface area contributed by atoms with Crippen LogP contribution in [-0.2, 0) is 18.8 Å². The van der Waals surface area contributed by atoms with Crippen LogP contribution in [0.1, 0.15) is 43.7 Å². The maximum atomic E-state index is 14.6. The summed E-state index contributed by atoms with van der Waals surface area (Å²) >= 11 is 6.22. The predicted octanol–water partition coefficient (Wildman–Crippen LogP) is 5.06. The lowest BCUT2D eigenvalue weighted by Gasteiger charge is -2.17. The smallest absolute Gasteiger partial charge is 0.277 e. The van der Waals surface area contributed by atoms with Gasteiger partial charge in [0.2, 0.25) is 0 Å². The molecule has 12 heteroatoms. The van der Waals surface area contributed by atoms with Crippen molar-refractivity contribution < 1.29 is 23.0 Å². The molecule has 200 valence electrons. The van der Waals surface area contributed by atoms with E-state index in [1.165, 1.54) is 25.4 Å². The number of pyridine rings is 2. The second-order valence-corrected chi connectivity index (χ2v) is 9.19. The van der Waals surface area contributed by atoms with E-state index in [2.05, 4.69) is 26.5 Å². The molecule has 0 aliphatic heterocycles. The average molecular weight is 548 g/mol. The Morgan fingerprint density at radius 2 is 2.03 bits per heavy atom. The number of hydrogen-bond donors (Lipinski definition) is 1. The molecule has 0 saturated carbocycles. The maximum absolute atomic E-state index is 14.6. The minimum Gasteiger partial charge on any atom is -0.485 e. The number of aliphatic imine (C=N–C) groups is 1. The van der Waals surface area contributed by atoms with Crippen LogP contribution in [0.3, 0.4) is 0 Å². The van der Waals surface area contributed by atoms with Gasteiger partial charge < -0.3 is 9.84 Å². The Morgan fingerprint density at radius 3 is 2.66 bits per heavy atom. The first-order valence-electron chi connectivity index (χ1n) is 11.2. The third kappa shape index (κ3) is 6.73. The van der Waals surface area contributed by atoms with Crippen LogP contribution in [0.15, 0.2) is 58.4 Å². The number of aromatic nitrogens is 4. The molecule has 0 amide bonds. The van der Waals surface area contributed by atoms with Crippen molar-refractivity contribution in [3.05, 3.63) is 98.5 Å². The van der Waals surface area contributed by atoms with Crippen molar-refractivity contribution >= 4 is 23.5 Å². The molecular weight excluding hydrogens is 523 g/mol. The van der Waals surface area contributed by atoms with Crippen molar-refractivity contribution in [2.24, 2.45) is 4.99 Å². The van der Waals surface area contributed by atoms with Crippen LogP contribution in [0, 0.1) is 18.6 Å². The van der Waals surface area contributed by atoms with E-state index in [1.54, 1.807) is 26.8 Å². The van der Waals surface area contributed by atoms with Crippen LogP contribution in [0.5, 0.6) is 5.75 Å². The van der Waals surface area contributed by atoms with Crippen molar-refractivity contribution in [2.45, 2.75) is 46.4 Å². The van der Waals surface area contributed by atoms with E-state index < -0.39 is 35.2 Å². The molecule has 1 N–H and O–H groups in total. The fourth-order valence-corrected chi connectivity index (χ4v) is 3.58. The molecule has 0 spiro atoms. The topological polar surface area (TPSA) is 102 Å². The van der Waals surface area contributed by atoms with Gasteiger partial charge in [0.25, 0.3) is 5.56 Å². The average Bonchev–Trinajstić information content (AvgIpc) is 2.83. The van der Waals surface area contributed by atoms with Gasteiger partial charge in [-0.15, -0.1) is 0 Å². The molecule has 0 aliphatic carbocycles. The number of ether oxygens (including phenoxy) is 1. The lowest BCUT2D eigenvalue weighted by Crippen LogP contribution is -2.24. The van der Waals surface area contributed by atoms with Gasteiger partial charge in [0.1, 0.15) is 40.3 Å². The van der Waals surface area contributed by atoms with E-state index in [1.807, 2.05) is 0 Å². The van der Waals surface area contributed by atoms with Crippen LogP contribution < -0.4 is 10.3 Å². The predicted molar refractivity (Wildman–Crippen MR) is 138 cm³/mol. The fourth-order valence-electron chi connectivity index (χ4n) is 3.39. The molecule has 0 atom stereocenters. The molecule has 3 aromatic heterocycles. The SMILES string of the molecule is C=C(F)/C(=C(C)\C=N/Cc1ccnc(C(C)(C)O)n1)n1c(C)cc(OCc2ncc(F)cc2F)c(Cl)c1=O. The Kier molecular flexibility index (Phi) is 8.85. The standard InChI is InChI=1S/C26H25ClF3N5O3/c1-14(10-31-12-18-6-7-32-25(34-18)26(4,5)37)23(16(3)28)35-15(2)8-21(22(27)24(35)36)38-13-20-19(30)9-17(29)11-33-20/h6-11,37H,3,12-13H2,1-2,4-5H3/b23-14+,31-10-. The highest BCUT2D eigenvalue weighted by atomic mass is 35.5. The van der Waals surface area contributed by atoms with Crippen LogP contribution >= 0.6 is 11.6 Å². The van der Waals surface area contributed by atoms with Gasteiger partial charge in [-0.3, -0.25) is 19.3 Å². The Morgan fingerprint density at radius 1 is 1.32 bits per heavy atom. The summed E-state index contributed by atoms with van der Waals surface area (Å²) in [5.41, 5.74) is -1.36. The van der Waals surface area contributed by atoms with Crippen LogP contribution in [0.4, 0.5) is 13.2 Å². The van der Waals surface area contributed by atoms with Crippen molar-refractivity contribution in [2.75, 3.05) is 0 Å². The van der Waals surface area contributed by atoms with E-state index >= 15 is 0 Å². The Bertz CT molecular complexity index is 1500. The summed E-state index contributed by atoms with van der Waals surface area (Å²) in [6, 6.07) is 3.65. The van der Waals surface area contributed by atoms with Gasteiger partial charge >= 0.3 is 0 Å². The minimum atomic E-state index is -1.23. The number of aliphatic hydroxyl groups is 1. The number of aryl methyl sites for hydroxylation is 1. The number of halogens is 4. The van der Waals surface area contributed by atoms with E-state index in [0.717, 1.165) is 10.8 Å². The van der Waals surface area contributed by atoms with Gasteiger partial charge in [0.15, 0.2) is 11.6 Å². The van der Waals surface area contributed by atoms with Crippen LogP contribution in [0.2, 0.25) is 5.02 Å². The molecule has 0 bridgehead atoms. The largest absolute Gasteiger partial charge is 0.485 e. The summed E-state index contributed by atoms with van der Waals surface area (Å²) in [6.07, 6.45) is 3.69. The van der Waals surface area contributed by atoms with E-state index in [9.17, 15) is 23.1 Å². The lowest BCUT2D eigenvalue weighted by molar-refractivity contribution is 0.0684. The van der Waals surface area contributed by atoms with Gasteiger partial charge in [-0.2, -0.15) is 0 Å². The summed E-state index contributed by atoms with van der Waals surface area (Å²) < 4.78 is 48.0. The van der Waals surface area contributed by atoms with E-state index in [-0.39, 0.29) is 45.8 Å². The fraction of sp³-hybridized carbons (Fsp3) is 0.269. The van der Waals surface area contributed by atoms with Crippen molar-refractivity contribution in [3.8, 4) is 5.75 Å². The zero-order chi connectivity index (χ0) is 28.2. The number of hydrogen-bond acceptors (Lipinski definition) is 7. The lowest BCUT2D eigenvalue weighted by atomic mass is 10.1. The number of allylic oxidation sites excluding steroid dienone is 3. The molecule has 3 aromatic rings. The molecule has 0 unspecified atom stereocenters. The summed E-state index contributed by atoms with van der Waals surface area (Å²) in [5.74, 6) is -2.53. The van der Waals surface area contributed by atoms with Gasteiger partial charge in [0, 0.05) is 30.2 Å². The van der Waals surface area contributed by atoms with Crippen LogP contribution in [-0.4, -0.2) is 30.8 Å². The van der Waals surface area contributed by atoms with Gasteiger partial charge in [0.05, 0.1) is 24.1 Å². The molecule has 0 radical (unpaired) electrons. The summed E-state index contributed by atoms with van der Waals surface area (Å²) in [5, 5.41) is 9.70. The van der Waals surface area contributed by atoms with Crippen molar-refractivity contribution in [1.29, 1.82) is 0 Å². The first-order chi connectivity index (χ1) is 17.8. The second kappa shape index (κ2) is 11.7. The zero-order valence-electron chi connectivity index (χ0n) is 21.1. The molecular formula is C26H25ClF3N5O3. The molecule has 0 saturated heterocycles. The molecule has 0 aromatic carbocycles. The maximum Gasteiger partial charge on any atom is 0.277 e. The third-order valence-corrected chi connectivity index (χ3v) is 5.55. The van der Waals surface area contributed by atoms with Crippen LogP contribution in [0.25, 0.3) is 5.70 Å². The minimum absolute atomic E-state index is 0.0857. The molecule has 0 fully saturated rings. The summed E-state index contributed by atoms with van der Waals surface area (Å²) in [6.45, 7) is 9.19. The van der Waals surface area contributed by atoms with Gasteiger partial charge in [-0.1, -0.05) is 18.2 Å². The molecule has 38 heavy (non-hydrogen) atoms. The third-order valence-electron chi connectivity index (χ3n) is 5.20. The van der Waals surface area contributed by atoms with E-state index in [0.29, 0.717) is 11.8 Å². The Balaban J connectivity index is 1.90. The van der Waals surface area contributed by atoms with Gasteiger partial charge in [-0.05, 0) is 39.3 Å². The van der Waals surface area contributed by atoms with Crippen molar-refractivity contribution in [1.82, 2.24) is 19.5 Å². The first kappa shape index (κ1) is 28.7. The highest BCUT2D eigenvalue weighted by Gasteiger charge is 2.21. The second-order valence-electron chi connectivity index (χ2n) is 8.81. The summed E-state index contributed by atoms with van der Waals surface area (Å²) in [7, 11) is 0. The summed E-state index contributed by atoms with van der Waals surface area (Å²) in [4.78, 5) is 29.3. The zero-order valence-corrected chi connectivity index (χ0v) is 21.9. The monoisotopic (exact) mass is 547 g/mol. The normalized spacial score (nSPS) is 12.6. The highest BCUT2D eigenvalue weighted by Crippen LogP contribution is 2.27. The molecule has 3 heterocycles. The highest BCUT2D eigenvalue weighted by molar-refractivity contribution is 6.31. The first-order valence-corrected chi connectivity index (χ1v) is 11.6. The quantitative estimate of drug-likeness (QED) is 0.296. The number of nitrogens with zero attached hydrogens (tertiary/aromatic N) is 5. The van der Waals surface area contributed by atoms with E-state index in [4.69, 9.17) is 16.3 Å². The number of rotatable bonds is 9. The molecule has 3 rings (SSSR count). The molecule has 8 nitrogen and oxygen atoms in total. The molecule has 0 aliphatic rings. The van der Waals surface area contributed by atoms with Crippen molar-refractivity contribution in [3.63, 3.8) is 0 Å². The van der Waals surface area contributed by atoms with Gasteiger partial charge in [-0.25, -0.2) is 23.1 Å².